The van der Waals surface area contributed by atoms with E-state index in [2.05, 4.69) is 41.4 Å². The first-order chi connectivity index (χ1) is 6.67. The molecule has 0 aliphatic rings. The maximum atomic E-state index is 3.97. The lowest BCUT2D eigenvalue weighted by atomic mass is 9.86. The van der Waals surface area contributed by atoms with Crippen LogP contribution in [0.15, 0.2) is 0 Å². The van der Waals surface area contributed by atoms with Crippen molar-refractivity contribution in [3.05, 3.63) is 5.82 Å². The predicted octanol–water partition coefficient (Wildman–Crippen LogP) is 2.45. The van der Waals surface area contributed by atoms with E-state index in [-0.39, 0.29) is 5.41 Å². The van der Waals surface area contributed by atoms with Crippen LogP contribution in [0.2, 0.25) is 0 Å². The molecule has 0 amide bonds. The number of nitrogens with one attached hydrogen (secondary N) is 1. The first-order valence-corrected chi connectivity index (χ1v) is 5.41. The van der Waals surface area contributed by atoms with Gasteiger partial charge >= 0.3 is 0 Å². The van der Waals surface area contributed by atoms with Crippen molar-refractivity contribution in [3.8, 4) is 0 Å². The van der Waals surface area contributed by atoms with Gasteiger partial charge in [0.15, 0.2) is 5.82 Å². The van der Waals surface area contributed by atoms with Gasteiger partial charge in [0, 0.05) is 5.41 Å². The number of aromatic amines is 1. The Morgan fingerprint density at radius 1 is 1.21 bits per heavy atom. The van der Waals surface area contributed by atoms with E-state index in [0.717, 1.165) is 12.2 Å². The largest absolute Gasteiger partial charge is 0.242 e. The Morgan fingerprint density at radius 3 is 2.57 bits per heavy atom. The molecule has 0 bridgehead atoms. The number of tetrazole rings is 1. The predicted molar refractivity (Wildman–Crippen MR) is 56.0 cm³/mol. The van der Waals surface area contributed by atoms with Crippen molar-refractivity contribution in [2.24, 2.45) is 0 Å². The molecule has 1 heterocycles. The molecule has 14 heavy (non-hydrogen) atoms. The van der Waals surface area contributed by atoms with E-state index in [0.29, 0.717) is 0 Å². The summed E-state index contributed by atoms with van der Waals surface area (Å²) < 4.78 is 0. The number of H-pyrrole nitrogens is 1. The minimum atomic E-state index is 0.0806. The van der Waals surface area contributed by atoms with Crippen molar-refractivity contribution in [2.75, 3.05) is 0 Å². The summed E-state index contributed by atoms with van der Waals surface area (Å²) >= 11 is 0. The molecule has 0 atom stereocenters. The Kier molecular flexibility index (Phi) is 4.04. The zero-order valence-corrected chi connectivity index (χ0v) is 9.38. The molecule has 0 fully saturated rings. The molecule has 0 aliphatic heterocycles. The third kappa shape index (κ3) is 3.09. The summed E-state index contributed by atoms with van der Waals surface area (Å²) in [4.78, 5) is 0. The highest BCUT2D eigenvalue weighted by Crippen LogP contribution is 2.25. The van der Waals surface area contributed by atoms with Gasteiger partial charge in [-0.3, -0.25) is 0 Å². The van der Waals surface area contributed by atoms with E-state index in [9.17, 15) is 0 Å². The van der Waals surface area contributed by atoms with Gasteiger partial charge in [-0.1, -0.05) is 46.5 Å². The topological polar surface area (TPSA) is 54.5 Å². The minimum Gasteiger partial charge on any atom is -0.242 e. The Balaban J connectivity index is 2.35. The fraction of sp³-hybridized carbons (Fsp3) is 0.900. The second-order valence-electron chi connectivity index (χ2n) is 4.44. The van der Waals surface area contributed by atoms with Gasteiger partial charge in [-0.15, -0.1) is 5.10 Å². The van der Waals surface area contributed by atoms with Crippen LogP contribution in [-0.4, -0.2) is 20.6 Å². The quantitative estimate of drug-likeness (QED) is 0.711. The SMILES string of the molecule is CCCCCCC(C)(C)c1nnn[nH]1. The van der Waals surface area contributed by atoms with Crippen LogP contribution in [0.25, 0.3) is 0 Å². The Morgan fingerprint density at radius 2 is 2.00 bits per heavy atom. The van der Waals surface area contributed by atoms with Crippen molar-refractivity contribution in [3.63, 3.8) is 0 Å². The highest BCUT2D eigenvalue weighted by atomic mass is 15.5. The van der Waals surface area contributed by atoms with E-state index in [1.807, 2.05) is 0 Å². The fourth-order valence-corrected chi connectivity index (χ4v) is 1.56. The van der Waals surface area contributed by atoms with Gasteiger partial charge in [-0.2, -0.15) is 0 Å². The molecule has 0 aliphatic carbocycles. The fourth-order valence-electron chi connectivity index (χ4n) is 1.56. The molecule has 0 aromatic carbocycles. The molecule has 0 saturated carbocycles. The van der Waals surface area contributed by atoms with Gasteiger partial charge in [0.2, 0.25) is 0 Å². The van der Waals surface area contributed by atoms with Gasteiger partial charge in [0.05, 0.1) is 0 Å². The standard InChI is InChI=1S/C10H20N4/c1-4-5-6-7-8-10(2,3)9-11-13-14-12-9/h4-8H2,1-3H3,(H,11,12,13,14). The average Bonchev–Trinajstić information content (AvgIpc) is 2.65. The van der Waals surface area contributed by atoms with E-state index in [1.165, 1.54) is 25.7 Å². The van der Waals surface area contributed by atoms with Gasteiger partial charge < -0.3 is 0 Å². The highest BCUT2D eigenvalue weighted by Gasteiger charge is 2.23. The molecule has 1 aromatic heterocycles. The van der Waals surface area contributed by atoms with Crippen molar-refractivity contribution in [1.29, 1.82) is 0 Å². The van der Waals surface area contributed by atoms with Crippen LogP contribution in [0.5, 0.6) is 0 Å². The van der Waals surface area contributed by atoms with Crippen LogP contribution < -0.4 is 0 Å². The van der Waals surface area contributed by atoms with Crippen LogP contribution in [0.3, 0.4) is 0 Å². The van der Waals surface area contributed by atoms with Gasteiger partial charge in [0.1, 0.15) is 0 Å². The maximum Gasteiger partial charge on any atom is 0.154 e. The van der Waals surface area contributed by atoms with E-state index < -0.39 is 0 Å². The molecule has 0 radical (unpaired) electrons. The lowest BCUT2D eigenvalue weighted by molar-refractivity contribution is 0.423. The monoisotopic (exact) mass is 196 g/mol. The van der Waals surface area contributed by atoms with Crippen molar-refractivity contribution < 1.29 is 0 Å². The molecule has 0 unspecified atom stereocenters. The first kappa shape index (κ1) is 11.1. The summed E-state index contributed by atoms with van der Waals surface area (Å²) in [7, 11) is 0. The average molecular weight is 196 g/mol. The summed E-state index contributed by atoms with van der Waals surface area (Å²) in [5.41, 5.74) is 0.0806. The third-order valence-corrected chi connectivity index (χ3v) is 2.64. The molecule has 80 valence electrons. The van der Waals surface area contributed by atoms with Gasteiger partial charge in [0.25, 0.3) is 0 Å². The number of unbranched alkanes of at least 4 members (excludes halogenated alkanes) is 3. The number of hydrogen-bond donors (Lipinski definition) is 1. The van der Waals surface area contributed by atoms with E-state index in [1.54, 1.807) is 0 Å². The second-order valence-corrected chi connectivity index (χ2v) is 4.44. The molecule has 0 saturated heterocycles. The number of hydrogen-bond acceptors (Lipinski definition) is 3. The molecular weight excluding hydrogens is 176 g/mol. The molecular formula is C10H20N4. The van der Waals surface area contributed by atoms with Crippen molar-refractivity contribution in [1.82, 2.24) is 20.6 Å². The third-order valence-electron chi connectivity index (χ3n) is 2.64. The van der Waals surface area contributed by atoms with Crippen LogP contribution in [0, 0.1) is 0 Å². The molecule has 0 spiro atoms. The minimum absolute atomic E-state index is 0.0806. The van der Waals surface area contributed by atoms with Crippen LogP contribution in [-0.2, 0) is 5.41 Å². The highest BCUT2D eigenvalue weighted by molar-refractivity contribution is 4.98. The Bertz CT molecular complexity index is 241. The summed E-state index contributed by atoms with van der Waals surface area (Å²) in [6.07, 6.45) is 6.31. The molecule has 1 aromatic rings. The lowest BCUT2D eigenvalue weighted by Crippen LogP contribution is -2.19. The molecule has 4 nitrogen and oxygen atoms in total. The summed E-state index contributed by atoms with van der Waals surface area (Å²) in [6, 6.07) is 0. The molecule has 4 heteroatoms. The zero-order valence-electron chi connectivity index (χ0n) is 9.38. The number of aromatic nitrogens is 4. The van der Waals surface area contributed by atoms with Gasteiger partial charge in [-0.25, -0.2) is 5.10 Å². The van der Waals surface area contributed by atoms with Crippen LogP contribution in [0.1, 0.15) is 58.7 Å². The maximum absolute atomic E-state index is 3.97. The van der Waals surface area contributed by atoms with E-state index in [4.69, 9.17) is 0 Å². The van der Waals surface area contributed by atoms with E-state index >= 15 is 0 Å². The first-order valence-electron chi connectivity index (χ1n) is 5.41. The lowest BCUT2D eigenvalue weighted by Gasteiger charge is -2.20. The second kappa shape index (κ2) is 5.08. The number of nitrogens with zero attached hydrogens (tertiary/aromatic N) is 3. The summed E-state index contributed by atoms with van der Waals surface area (Å²) in [5, 5.41) is 14.0. The number of rotatable bonds is 6. The normalized spacial score (nSPS) is 11.9. The molecule has 1 N–H and O–H groups in total. The van der Waals surface area contributed by atoms with Crippen LogP contribution >= 0.6 is 0 Å². The molecule has 1 rings (SSSR count). The van der Waals surface area contributed by atoms with Gasteiger partial charge in [-0.05, 0) is 16.8 Å². The Labute approximate surface area is 85.5 Å². The summed E-state index contributed by atoms with van der Waals surface area (Å²) in [6.45, 7) is 6.59. The van der Waals surface area contributed by atoms with Crippen LogP contribution in [0.4, 0.5) is 0 Å². The smallest absolute Gasteiger partial charge is 0.154 e. The van der Waals surface area contributed by atoms with Crippen molar-refractivity contribution >= 4 is 0 Å². The summed E-state index contributed by atoms with van der Waals surface area (Å²) in [5.74, 6) is 0.897. The van der Waals surface area contributed by atoms with Crippen molar-refractivity contribution in [2.45, 2.75) is 58.3 Å². The zero-order chi connectivity index (χ0) is 10.4. The Hall–Kier alpha value is -0.930.